The molecule has 1 spiro atoms. The number of rotatable bonds is 0. The molecule has 2 unspecified atom stereocenters. The first-order chi connectivity index (χ1) is 13.0. The third kappa shape index (κ3) is 2.06. The minimum atomic E-state index is -0.978. The molecule has 3 fully saturated rings. The quantitative estimate of drug-likeness (QED) is 0.605. The molecular formula is C19H25N3O5. The number of hydrogen-bond acceptors (Lipinski definition) is 6. The summed E-state index contributed by atoms with van der Waals surface area (Å²) in [6, 6.07) is 2.56. The fraction of sp³-hybridized carbons (Fsp3) is 0.737. The summed E-state index contributed by atoms with van der Waals surface area (Å²) in [5.41, 5.74) is -0.932. The van der Waals surface area contributed by atoms with E-state index in [4.69, 9.17) is 14.2 Å². The van der Waals surface area contributed by atoms with Gasteiger partial charge in [-0.3, -0.25) is 0 Å². The first-order valence-electron chi connectivity index (χ1n) is 9.47. The minimum Gasteiger partial charge on any atom is -0.451 e. The molecule has 5 aliphatic rings. The van der Waals surface area contributed by atoms with Crippen LogP contribution in [-0.4, -0.2) is 54.3 Å². The Morgan fingerprint density at radius 3 is 2.52 bits per heavy atom. The lowest BCUT2D eigenvalue weighted by Gasteiger charge is -2.66. The Labute approximate surface area is 158 Å². The molecule has 2 saturated carbocycles. The molecule has 0 aromatic carbocycles. The number of methoxy groups -OCH3 is 2. The first-order valence-corrected chi connectivity index (χ1v) is 9.47. The minimum absolute atomic E-state index is 0.0880. The molecule has 0 radical (unpaired) electrons. The molecule has 146 valence electrons. The van der Waals surface area contributed by atoms with Crippen LogP contribution in [0.3, 0.4) is 0 Å². The molecule has 2 bridgehead atoms. The van der Waals surface area contributed by atoms with Crippen LogP contribution in [0.15, 0.2) is 11.6 Å². The molecule has 5 atom stereocenters. The van der Waals surface area contributed by atoms with Gasteiger partial charge in [0.25, 0.3) is 0 Å². The fourth-order valence-electron chi connectivity index (χ4n) is 5.95. The standard InChI is InChI=1S/C19H25N3O5/c1-12-10-13-6-4-8-18(11-20)9-5-7-14-19(13,18)22(17(24)26-3)21(15(12)27-14)16(23)25-2/h10,13-15H,4-9H2,1-3H3/t13?,14-,15?,18+,19+/m1/s1. The third-order valence-corrected chi connectivity index (χ3v) is 6.87. The Kier molecular flexibility index (Phi) is 4.11. The van der Waals surface area contributed by atoms with Gasteiger partial charge in [0.15, 0.2) is 6.23 Å². The predicted octanol–water partition coefficient (Wildman–Crippen LogP) is 2.96. The largest absolute Gasteiger partial charge is 0.451 e. The van der Waals surface area contributed by atoms with Crippen LogP contribution >= 0.6 is 0 Å². The lowest BCUT2D eigenvalue weighted by Crippen LogP contribution is -2.81. The Bertz CT molecular complexity index is 742. The smallest absolute Gasteiger partial charge is 0.431 e. The average Bonchev–Trinajstić information content (AvgIpc) is 2.88. The van der Waals surface area contributed by atoms with E-state index in [0.29, 0.717) is 12.8 Å². The molecule has 0 N–H and O–H groups in total. The molecular weight excluding hydrogens is 350 g/mol. The Morgan fingerprint density at radius 2 is 1.89 bits per heavy atom. The average molecular weight is 375 g/mol. The van der Waals surface area contributed by atoms with Crippen molar-refractivity contribution >= 4 is 12.2 Å². The molecule has 5 rings (SSSR count). The van der Waals surface area contributed by atoms with Crippen LogP contribution in [0.1, 0.15) is 45.4 Å². The van der Waals surface area contributed by atoms with Gasteiger partial charge in [-0.1, -0.05) is 12.5 Å². The van der Waals surface area contributed by atoms with Gasteiger partial charge in [0, 0.05) is 5.92 Å². The van der Waals surface area contributed by atoms with E-state index in [1.54, 1.807) is 0 Å². The number of carbonyl (C=O) groups is 2. The summed E-state index contributed by atoms with van der Waals surface area (Å²) >= 11 is 0. The molecule has 3 aliphatic heterocycles. The Hall–Kier alpha value is -2.27. The van der Waals surface area contributed by atoms with E-state index in [1.165, 1.54) is 24.2 Å². The Morgan fingerprint density at radius 1 is 1.22 bits per heavy atom. The lowest BCUT2D eigenvalue weighted by atomic mass is 9.50. The zero-order chi connectivity index (χ0) is 19.4. The second-order valence-corrected chi connectivity index (χ2v) is 7.89. The highest BCUT2D eigenvalue weighted by Crippen LogP contribution is 2.63. The normalized spacial score (nSPS) is 39.6. The summed E-state index contributed by atoms with van der Waals surface area (Å²) in [6.07, 6.45) is 4.31. The molecule has 8 nitrogen and oxygen atoms in total. The topological polar surface area (TPSA) is 92.1 Å². The van der Waals surface area contributed by atoms with Gasteiger partial charge < -0.3 is 14.2 Å². The summed E-state index contributed by atoms with van der Waals surface area (Å²) in [7, 11) is 2.56. The first kappa shape index (κ1) is 18.1. The van der Waals surface area contributed by atoms with Crippen molar-refractivity contribution in [2.24, 2.45) is 11.3 Å². The summed E-state index contributed by atoms with van der Waals surface area (Å²) < 4.78 is 16.5. The number of hydrogen-bond donors (Lipinski definition) is 0. The number of nitrogens with zero attached hydrogens (tertiary/aromatic N) is 3. The Balaban J connectivity index is 2.03. The second kappa shape index (κ2) is 6.13. The van der Waals surface area contributed by atoms with Gasteiger partial charge in [0.2, 0.25) is 0 Å². The molecule has 3 heterocycles. The van der Waals surface area contributed by atoms with Crippen molar-refractivity contribution < 1.29 is 23.8 Å². The predicted molar refractivity (Wildman–Crippen MR) is 92.9 cm³/mol. The highest BCUT2D eigenvalue weighted by Gasteiger charge is 2.73. The van der Waals surface area contributed by atoms with Crippen LogP contribution in [0, 0.1) is 22.7 Å². The maximum absolute atomic E-state index is 13.1. The maximum Gasteiger partial charge on any atom is 0.431 e. The van der Waals surface area contributed by atoms with Crippen molar-refractivity contribution in [2.45, 2.75) is 63.3 Å². The van der Waals surface area contributed by atoms with Gasteiger partial charge in [-0.2, -0.15) is 15.3 Å². The molecule has 8 heteroatoms. The van der Waals surface area contributed by atoms with Crippen LogP contribution < -0.4 is 0 Å². The van der Waals surface area contributed by atoms with Crippen LogP contribution in [0.4, 0.5) is 9.59 Å². The monoisotopic (exact) mass is 375 g/mol. The van der Waals surface area contributed by atoms with Gasteiger partial charge in [0.1, 0.15) is 5.54 Å². The van der Waals surface area contributed by atoms with Gasteiger partial charge in [0.05, 0.1) is 31.8 Å². The van der Waals surface area contributed by atoms with E-state index in [-0.39, 0.29) is 12.0 Å². The van der Waals surface area contributed by atoms with Crippen LogP contribution in [0.5, 0.6) is 0 Å². The van der Waals surface area contributed by atoms with Crippen molar-refractivity contribution in [2.75, 3.05) is 14.2 Å². The van der Waals surface area contributed by atoms with E-state index in [9.17, 15) is 14.9 Å². The second-order valence-electron chi connectivity index (χ2n) is 7.89. The van der Waals surface area contributed by atoms with Gasteiger partial charge in [-0.25, -0.2) is 9.59 Å². The van der Waals surface area contributed by atoms with Crippen LogP contribution in [0.2, 0.25) is 0 Å². The van der Waals surface area contributed by atoms with E-state index >= 15 is 0 Å². The zero-order valence-corrected chi connectivity index (χ0v) is 15.9. The van der Waals surface area contributed by atoms with Crippen molar-refractivity contribution in [3.63, 3.8) is 0 Å². The maximum atomic E-state index is 13.1. The summed E-state index contributed by atoms with van der Waals surface area (Å²) in [6.45, 7) is 1.90. The zero-order valence-electron chi connectivity index (χ0n) is 15.9. The number of carbonyl (C=O) groups excluding carboxylic acids is 2. The van der Waals surface area contributed by atoms with E-state index < -0.39 is 29.4 Å². The molecule has 0 aromatic rings. The summed E-state index contributed by atoms with van der Waals surface area (Å²) in [5, 5.41) is 12.9. The summed E-state index contributed by atoms with van der Waals surface area (Å²) in [4.78, 5) is 25.8. The number of amides is 2. The van der Waals surface area contributed by atoms with E-state index in [1.807, 2.05) is 6.92 Å². The van der Waals surface area contributed by atoms with E-state index in [0.717, 1.165) is 31.3 Å². The van der Waals surface area contributed by atoms with Gasteiger partial charge in [-0.15, -0.1) is 0 Å². The van der Waals surface area contributed by atoms with Gasteiger partial charge >= 0.3 is 12.2 Å². The number of fused-ring (bicyclic) bond motifs is 1. The van der Waals surface area contributed by atoms with Crippen LogP contribution in [0.25, 0.3) is 0 Å². The van der Waals surface area contributed by atoms with Crippen molar-refractivity contribution in [1.29, 1.82) is 5.26 Å². The van der Waals surface area contributed by atoms with Crippen molar-refractivity contribution in [1.82, 2.24) is 10.0 Å². The third-order valence-electron chi connectivity index (χ3n) is 6.87. The number of nitriles is 1. The fourth-order valence-corrected chi connectivity index (χ4v) is 5.95. The molecule has 1 saturated heterocycles. The number of ether oxygens (including phenoxy) is 3. The summed E-state index contributed by atoms with van der Waals surface area (Å²) in [5.74, 6) is -0.0880. The van der Waals surface area contributed by atoms with Gasteiger partial charge in [-0.05, 0) is 44.6 Å². The SMILES string of the molecule is COC(=O)N1C2O[C@@H]3CCC[C@]4(C#N)CCCC(C=C2C)[C@]34N1C(=O)OC. The van der Waals surface area contributed by atoms with Crippen molar-refractivity contribution in [3.8, 4) is 6.07 Å². The molecule has 27 heavy (non-hydrogen) atoms. The van der Waals surface area contributed by atoms with Crippen LogP contribution in [-0.2, 0) is 14.2 Å². The molecule has 0 aromatic heterocycles. The molecule has 2 aliphatic carbocycles. The molecule has 2 amide bonds. The lowest BCUT2D eigenvalue weighted by molar-refractivity contribution is -0.303. The van der Waals surface area contributed by atoms with Crippen molar-refractivity contribution in [3.05, 3.63) is 11.6 Å². The highest BCUT2D eigenvalue weighted by molar-refractivity contribution is 5.76. The highest BCUT2D eigenvalue weighted by atomic mass is 16.6. The number of hydrazine groups is 1. The van der Waals surface area contributed by atoms with E-state index in [2.05, 4.69) is 12.1 Å².